The molecule has 0 radical (unpaired) electrons. The fourth-order valence-electron chi connectivity index (χ4n) is 2.07. The van der Waals surface area contributed by atoms with E-state index in [0.717, 1.165) is 20.2 Å². The highest BCUT2D eigenvalue weighted by molar-refractivity contribution is 9.11. The van der Waals surface area contributed by atoms with Crippen molar-refractivity contribution >= 4 is 60.7 Å². The van der Waals surface area contributed by atoms with Gasteiger partial charge in [-0.05, 0) is 75.5 Å². The Morgan fingerprint density at radius 3 is 2.29 bits per heavy atom. The molecule has 112 valence electrons. The predicted molar refractivity (Wildman–Crippen MR) is 95.0 cm³/mol. The molecule has 0 heterocycles. The monoisotopic (exact) mass is 453 g/mol. The van der Waals surface area contributed by atoms with Gasteiger partial charge < -0.3 is 5.32 Å². The maximum Gasteiger partial charge on any atom is 0.142 e. The first-order chi connectivity index (χ1) is 9.81. The number of rotatable bonds is 3. The van der Waals surface area contributed by atoms with Gasteiger partial charge in [-0.25, -0.2) is 4.39 Å². The van der Waals surface area contributed by atoms with E-state index in [1.165, 1.54) is 12.1 Å². The van der Waals surface area contributed by atoms with Crippen molar-refractivity contribution in [2.75, 3.05) is 5.32 Å². The van der Waals surface area contributed by atoms with Gasteiger partial charge in [0, 0.05) is 19.5 Å². The fraction of sp³-hybridized carbons (Fsp3) is 0.200. The van der Waals surface area contributed by atoms with Gasteiger partial charge >= 0.3 is 0 Å². The lowest BCUT2D eigenvalue weighted by atomic mass is 10.1. The Bertz CT molecular complexity index is 669. The summed E-state index contributed by atoms with van der Waals surface area (Å²) in [4.78, 5) is 0. The maximum absolute atomic E-state index is 13.6. The average Bonchev–Trinajstić information content (AvgIpc) is 2.38. The molecule has 1 unspecified atom stereocenters. The lowest BCUT2D eigenvalue weighted by Gasteiger charge is -2.21. The van der Waals surface area contributed by atoms with E-state index < -0.39 is 5.82 Å². The second-order valence-electron chi connectivity index (χ2n) is 4.73. The molecule has 0 fully saturated rings. The van der Waals surface area contributed by atoms with Gasteiger partial charge in [0.05, 0.1) is 16.8 Å². The van der Waals surface area contributed by atoms with Crippen LogP contribution in [0.15, 0.2) is 33.2 Å². The largest absolute Gasteiger partial charge is 0.377 e. The van der Waals surface area contributed by atoms with Crippen molar-refractivity contribution < 1.29 is 4.39 Å². The first-order valence-electron chi connectivity index (χ1n) is 6.16. The van der Waals surface area contributed by atoms with Crippen LogP contribution in [-0.2, 0) is 0 Å². The lowest BCUT2D eigenvalue weighted by molar-refractivity contribution is 0.624. The van der Waals surface area contributed by atoms with E-state index in [9.17, 15) is 4.39 Å². The Labute approximate surface area is 150 Å². The van der Waals surface area contributed by atoms with Crippen LogP contribution in [0.25, 0.3) is 0 Å². The summed E-state index contributed by atoms with van der Waals surface area (Å²) in [6, 6.07) is 6.51. The highest BCUT2D eigenvalue weighted by Crippen LogP contribution is 2.38. The van der Waals surface area contributed by atoms with E-state index in [4.69, 9.17) is 23.2 Å². The molecule has 6 heteroatoms. The maximum atomic E-state index is 13.6. The van der Waals surface area contributed by atoms with E-state index in [2.05, 4.69) is 37.2 Å². The Morgan fingerprint density at radius 1 is 1.14 bits per heavy atom. The third kappa shape index (κ3) is 3.73. The normalized spacial score (nSPS) is 12.3. The van der Waals surface area contributed by atoms with Crippen molar-refractivity contribution in [3.05, 3.63) is 60.2 Å². The molecule has 1 N–H and O–H groups in total. The van der Waals surface area contributed by atoms with Gasteiger partial charge in [0.1, 0.15) is 5.82 Å². The summed E-state index contributed by atoms with van der Waals surface area (Å²) in [5, 5.41) is 3.78. The second-order valence-corrected chi connectivity index (χ2v) is 7.22. The van der Waals surface area contributed by atoms with Gasteiger partial charge in [0.15, 0.2) is 0 Å². The van der Waals surface area contributed by atoms with Crippen LogP contribution in [0.1, 0.15) is 24.1 Å². The van der Waals surface area contributed by atoms with Crippen LogP contribution in [0.5, 0.6) is 0 Å². The minimum Gasteiger partial charge on any atom is -0.377 e. The van der Waals surface area contributed by atoms with Crippen LogP contribution >= 0.6 is 55.1 Å². The van der Waals surface area contributed by atoms with E-state index in [0.29, 0.717) is 10.6 Å². The van der Waals surface area contributed by atoms with E-state index in [1.54, 1.807) is 0 Å². The van der Waals surface area contributed by atoms with Crippen LogP contribution in [0.2, 0.25) is 10.0 Å². The van der Waals surface area contributed by atoms with Gasteiger partial charge in [-0.2, -0.15) is 0 Å². The van der Waals surface area contributed by atoms with Crippen LogP contribution in [0.4, 0.5) is 10.1 Å². The molecule has 0 saturated heterocycles. The van der Waals surface area contributed by atoms with Gasteiger partial charge in [-0.1, -0.05) is 23.2 Å². The molecule has 0 aliphatic heterocycles. The van der Waals surface area contributed by atoms with Gasteiger partial charge in [0.25, 0.3) is 0 Å². The standard InChI is InChI=1S/C15H12Br2Cl2FN/c1-7-5-9(16)15(10(17)6-7)21-8(2)13-11(18)3-4-12(20)14(13)19/h3-6,8,21H,1-2H3. The van der Waals surface area contributed by atoms with Crippen molar-refractivity contribution in [1.29, 1.82) is 0 Å². The fourth-order valence-corrected chi connectivity index (χ4v) is 4.41. The smallest absolute Gasteiger partial charge is 0.142 e. The second kappa shape index (κ2) is 6.86. The van der Waals surface area contributed by atoms with Crippen molar-refractivity contribution in [3.8, 4) is 0 Å². The van der Waals surface area contributed by atoms with Crippen molar-refractivity contribution in [3.63, 3.8) is 0 Å². The van der Waals surface area contributed by atoms with Crippen molar-refractivity contribution in [2.45, 2.75) is 19.9 Å². The van der Waals surface area contributed by atoms with E-state index in [-0.39, 0.29) is 11.1 Å². The minimum absolute atomic E-state index is 0.0434. The summed E-state index contributed by atoms with van der Waals surface area (Å²) >= 11 is 19.2. The molecule has 0 saturated carbocycles. The SMILES string of the molecule is Cc1cc(Br)c(NC(C)c2c(Cl)ccc(F)c2Cl)c(Br)c1. The molecule has 1 atom stereocenters. The molecule has 0 spiro atoms. The number of aryl methyl sites for hydroxylation is 1. The first kappa shape index (κ1) is 17.1. The number of anilines is 1. The molecule has 21 heavy (non-hydrogen) atoms. The summed E-state index contributed by atoms with van der Waals surface area (Å²) in [5.74, 6) is -0.480. The summed E-state index contributed by atoms with van der Waals surface area (Å²) in [5.41, 5.74) is 2.52. The molecular formula is C15H12Br2Cl2FN. The Morgan fingerprint density at radius 2 is 1.71 bits per heavy atom. The number of halogens is 5. The molecule has 0 amide bonds. The Kier molecular flexibility index (Phi) is 5.58. The molecule has 2 rings (SSSR count). The Balaban J connectivity index is 2.40. The zero-order chi connectivity index (χ0) is 15.7. The topological polar surface area (TPSA) is 12.0 Å². The van der Waals surface area contributed by atoms with Crippen LogP contribution < -0.4 is 5.32 Å². The van der Waals surface area contributed by atoms with Gasteiger partial charge in [-0.3, -0.25) is 0 Å². The summed E-state index contributed by atoms with van der Waals surface area (Å²) in [6.07, 6.45) is 0. The average molecular weight is 456 g/mol. The predicted octanol–water partition coefficient (Wildman–Crippen LogP) is 7.14. The highest BCUT2D eigenvalue weighted by atomic mass is 79.9. The number of hydrogen-bond donors (Lipinski definition) is 1. The zero-order valence-corrected chi connectivity index (χ0v) is 16.0. The molecule has 0 aromatic heterocycles. The Hall–Kier alpha value is -0.290. The summed E-state index contributed by atoms with van der Waals surface area (Å²) in [6.45, 7) is 3.88. The van der Waals surface area contributed by atoms with Gasteiger partial charge in [0.2, 0.25) is 0 Å². The number of hydrogen-bond acceptors (Lipinski definition) is 1. The summed E-state index contributed by atoms with van der Waals surface area (Å²) in [7, 11) is 0. The minimum atomic E-state index is -0.480. The third-order valence-corrected chi connectivity index (χ3v) is 5.02. The first-order valence-corrected chi connectivity index (χ1v) is 8.51. The molecule has 2 aromatic carbocycles. The van der Waals surface area contributed by atoms with Crippen LogP contribution in [-0.4, -0.2) is 0 Å². The van der Waals surface area contributed by atoms with Gasteiger partial charge in [-0.15, -0.1) is 0 Å². The molecule has 2 aromatic rings. The number of benzene rings is 2. The molecule has 1 nitrogen and oxygen atoms in total. The van der Waals surface area contributed by atoms with Crippen molar-refractivity contribution in [2.24, 2.45) is 0 Å². The molecular weight excluding hydrogens is 444 g/mol. The van der Waals surface area contributed by atoms with Crippen LogP contribution in [0, 0.1) is 12.7 Å². The lowest BCUT2D eigenvalue weighted by Crippen LogP contribution is -2.10. The quantitative estimate of drug-likeness (QED) is 0.485. The molecule has 0 aliphatic carbocycles. The van der Waals surface area contributed by atoms with E-state index >= 15 is 0 Å². The van der Waals surface area contributed by atoms with Crippen molar-refractivity contribution in [1.82, 2.24) is 0 Å². The highest BCUT2D eigenvalue weighted by Gasteiger charge is 2.18. The molecule has 0 aliphatic rings. The molecule has 0 bridgehead atoms. The number of nitrogens with one attached hydrogen (secondary N) is 1. The van der Waals surface area contributed by atoms with Crippen LogP contribution in [0.3, 0.4) is 0 Å². The third-order valence-electron chi connectivity index (χ3n) is 3.06. The zero-order valence-electron chi connectivity index (χ0n) is 11.3. The van der Waals surface area contributed by atoms with E-state index in [1.807, 2.05) is 26.0 Å². The summed E-state index contributed by atoms with van der Waals surface area (Å²) < 4.78 is 15.4.